The largest absolute Gasteiger partial charge is 0.481 e. The van der Waals surface area contributed by atoms with Gasteiger partial charge in [0, 0.05) is 12.6 Å². The monoisotopic (exact) mass is 249 g/mol. The van der Waals surface area contributed by atoms with Gasteiger partial charge in [0.05, 0.1) is 0 Å². The SMILES string of the molecule is CN(C)CC1=CC=C/C1=C/C=C(\O)OC(C)(C)C. The normalized spacial score (nSPS) is 18.7. The average molecular weight is 249 g/mol. The van der Waals surface area contributed by atoms with Crippen molar-refractivity contribution in [3.05, 3.63) is 47.5 Å². The molecule has 0 bridgehead atoms. The first-order valence-corrected chi connectivity index (χ1v) is 6.10. The lowest BCUT2D eigenvalue weighted by atomic mass is 10.1. The number of likely N-dealkylation sites (N-methyl/N-ethyl adjacent to an activating group) is 1. The maximum atomic E-state index is 9.65. The number of hydrogen-bond acceptors (Lipinski definition) is 3. The van der Waals surface area contributed by atoms with Crippen molar-refractivity contribution in [1.82, 2.24) is 4.90 Å². The van der Waals surface area contributed by atoms with E-state index in [0.717, 1.165) is 12.1 Å². The van der Waals surface area contributed by atoms with Gasteiger partial charge in [0.2, 0.25) is 0 Å². The molecule has 1 aliphatic carbocycles. The molecule has 1 aliphatic rings. The van der Waals surface area contributed by atoms with Gasteiger partial charge in [0.15, 0.2) is 0 Å². The number of hydrogen-bond donors (Lipinski definition) is 1. The molecular weight excluding hydrogens is 226 g/mol. The lowest BCUT2D eigenvalue weighted by Crippen LogP contribution is -2.18. The van der Waals surface area contributed by atoms with E-state index < -0.39 is 0 Å². The lowest BCUT2D eigenvalue weighted by Gasteiger charge is -2.19. The van der Waals surface area contributed by atoms with E-state index in [1.165, 1.54) is 5.57 Å². The molecule has 0 aliphatic heterocycles. The summed E-state index contributed by atoms with van der Waals surface area (Å²) in [5.41, 5.74) is 1.96. The van der Waals surface area contributed by atoms with Crippen LogP contribution in [0.25, 0.3) is 0 Å². The van der Waals surface area contributed by atoms with E-state index in [-0.39, 0.29) is 11.5 Å². The topological polar surface area (TPSA) is 32.7 Å². The molecule has 1 N–H and O–H groups in total. The Balaban J connectivity index is 2.70. The molecule has 3 heteroatoms. The maximum Gasteiger partial charge on any atom is 0.277 e. The summed E-state index contributed by atoms with van der Waals surface area (Å²) in [7, 11) is 4.07. The number of nitrogens with zero attached hydrogens (tertiary/aromatic N) is 1. The summed E-state index contributed by atoms with van der Waals surface area (Å²) >= 11 is 0. The first-order valence-electron chi connectivity index (χ1n) is 6.10. The van der Waals surface area contributed by atoms with Crippen LogP contribution in [0.1, 0.15) is 20.8 Å². The number of rotatable bonds is 4. The molecule has 18 heavy (non-hydrogen) atoms. The molecule has 0 aromatic rings. The summed E-state index contributed by atoms with van der Waals surface area (Å²) < 4.78 is 5.33. The summed E-state index contributed by atoms with van der Waals surface area (Å²) in [5.74, 6) is -0.0560. The molecule has 0 spiro atoms. The van der Waals surface area contributed by atoms with Crippen LogP contribution in [0.5, 0.6) is 0 Å². The quantitative estimate of drug-likeness (QED) is 0.777. The molecule has 0 radical (unpaired) electrons. The van der Waals surface area contributed by atoms with Crippen molar-refractivity contribution in [2.75, 3.05) is 20.6 Å². The van der Waals surface area contributed by atoms with E-state index in [4.69, 9.17) is 4.74 Å². The van der Waals surface area contributed by atoms with Crippen LogP contribution in [0.15, 0.2) is 47.5 Å². The number of aliphatic hydroxyl groups excluding tert-OH is 1. The van der Waals surface area contributed by atoms with Gasteiger partial charge in [-0.2, -0.15) is 0 Å². The van der Waals surface area contributed by atoms with Gasteiger partial charge in [-0.15, -0.1) is 0 Å². The van der Waals surface area contributed by atoms with Gasteiger partial charge in [-0.3, -0.25) is 0 Å². The highest BCUT2D eigenvalue weighted by molar-refractivity contribution is 5.50. The lowest BCUT2D eigenvalue weighted by molar-refractivity contribution is -0.0143. The predicted molar refractivity (Wildman–Crippen MR) is 75.4 cm³/mol. The van der Waals surface area contributed by atoms with E-state index in [2.05, 4.69) is 11.0 Å². The smallest absolute Gasteiger partial charge is 0.277 e. The fourth-order valence-corrected chi connectivity index (χ4v) is 1.63. The van der Waals surface area contributed by atoms with Gasteiger partial charge in [0.25, 0.3) is 5.95 Å². The minimum absolute atomic E-state index is 0.0560. The molecule has 0 saturated carbocycles. The summed E-state index contributed by atoms with van der Waals surface area (Å²) in [6.45, 7) is 6.58. The third kappa shape index (κ3) is 5.23. The highest BCUT2D eigenvalue weighted by Crippen LogP contribution is 2.19. The maximum absolute atomic E-state index is 9.65. The molecule has 0 unspecified atom stereocenters. The second-order valence-electron chi connectivity index (χ2n) is 5.63. The molecule has 100 valence electrons. The Kier molecular flexibility index (Phi) is 4.79. The van der Waals surface area contributed by atoms with Gasteiger partial charge in [-0.05, 0) is 52.1 Å². The molecule has 0 aromatic heterocycles. The molecule has 0 fully saturated rings. The Labute approximate surface area is 110 Å². The van der Waals surface area contributed by atoms with Gasteiger partial charge < -0.3 is 14.7 Å². The molecule has 0 atom stereocenters. The predicted octanol–water partition coefficient (Wildman–Crippen LogP) is 3.19. The Morgan fingerprint density at radius 1 is 1.39 bits per heavy atom. The van der Waals surface area contributed by atoms with Crippen molar-refractivity contribution in [2.24, 2.45) is 0 Å². The molecule has 1 rings (SSSR count). The van der Waals surface area contributed by atoms with Gasteiger partial charge >= 0.3 is 0 Å². The van der Waals surface area contributed by atoms with Crippen molar-refractivity contribution in [3.63, 3.8) is 0 Å². The molecule has 0 aromatic carbocycles. The molecule has 0 heterocycles. The molecular formula is C15H23NO2. The van der Waals surface area contributed by atoms with Crippen molar-refractivity contribution in [1.29, 1.82) is 0 Å². The third-order valence-electron chi connectivity index (χ3n) is 2.25. The molecule has 3 nitrogen and oxygen atoms in total. The van der Waals surface area contributed by atoms with Crippen LogP contribution in [0.2, 0.25) is 0 Å². The first-order chi connectivity index (χ1) is 8.28. The fraction of sp³-hybridized carbons (Fsp3) is 0.467. The Bertz CT molecular complexity index is 407. The zero-order chi connectivity index (χ0) is 13.8. The molecule has 0 amide bonds. The van der Waals surface area contributed by atoms with Crippen molar-refractivity contribution in [2.45, 2.75) is 26.4 Å². The van der Waals surface area contributed by atoms with Crippen molar-refractivity contribution < 1.29 is 9.84 Å². The van der Waals surface area contributed by atoms with E-state index in [1.807, 2.05) is 53.1 Å². The zero-order valence-corrected chi connectivity index (χ0v) is 11.9. The number of ether oxygens (including phenoxy) is 1. The van der Waals surface area contributed by atoms with Crippen LogP contribution in [-0.4, -0.2) is 36.2 Å². The Morgan fingerprint density at radius 3 is 2.61 bits per heavy atom. The average Bonchev–Trinajstić information content (AvgIpc) is 2.58. The van der Waals surface area contributed by atoms with Gasteiger partial charge in [-0.25, -0.2) is 0 Å². The highest BCUT2D eigenvalue weighted by Gasteiger charge is 2.12. The fourth-order valence-electron chi connectivity index (χ4n) is 1.63. The van der Waals surface area contributed by atoms with Crippen molar-refractivity contribution in [3.8, 4) is 0 Å². The summed E-state index contributed by atoms with van der Waals surface area (Å²) in [6.07, 6.45) is 9.60. The van der Waals surface area contributed by atoms with Crippen LogP contribution >= 0.6 is 0 Å². The van der Waals surface area contributed by atoms with Crippen LogP contribution in [0.3, 0.4) is 0 Å². The summed E-state index contributed by atoms with van der Waals surface area (Å²) in [6, 6.07) is 0. The minimum atomic E-state index is -0.382. The summed E-state index contributed by atoms with van der Waals surface area (Å²) in [4.78, 5) is 2.11. The number of aliphatic hydroxyl groups is 1. The van der Waals surface area contributed by atoms with Crippen LogP contribution in [-0.2, 0) is 4.74 Å². The standard InChI is InChI=1S/C15H23NO2/c1-15(2,3)18-14(17)10-9-12-7-6-8-13(12)11-16(4)5/h6-10,17H,11H2,1-5H3/b12-9-,14-10+. The van der Waals surface area contributed by atoms with Crippen LogP contribution in [0, 0.1) is 0 Å². The van der Waals surface area contributed by atoms with Gasteiger partial charge in [0.1, 0.15) is 5.60 Å². The summed E-state index contributed by atoms with van der Waals surface area (Å²) in [5, 5.41) is 9.65. The van der Waals surface area contributed by atoms with Crippen LogP contribution in [0.4, 0.5) is 0 Å². The highest BCUT2D eigenvalue weighted by atomic mass is 16.6. The van der Waals surface area contributed by atoms with Crippen LogP contribution < -0.4 is 0 Å². The van der Waals surface area contributed by atoms with E-state index in [0.29, 0.717) is 0 Å². The Hall–Kier alpha value is -1.48. The zero-order valence-electron chi connectivity index (χ0n) is 11.9. The van der Waals surface area contributed by atoms with E-state index >= 15 is 0 Å². The van der Waals surface area contributed by atoms with Gasteiger partial charge in [-0.1, -0.05) is 18.2 Å². The molecule has 0 saturated heterocycles. The second-order valence-corrected chi connectivity index (χ2v) is 5.63. The Morgan fingerprint density at radius 2 is 2.06 bits per heavy atom. The van der Waals surface area contributed by atoms with E-state index in [1.54, 1.807) is 6.08 Å². The second kappa shape index (κ2) is 5.91. The first kappa shape index (κ1) is 14.6. The van der Waals surface area contributed by atoms with Crippen molar-refractivity contribution >= 4 is 0 Å². The number of allylic oxidation sites excluding steroid dienone is 5. The minimum Gasteiger partial charge on any atom is -0.481 e. The van der Waals surface area contributed by atoms with E-state index in [9.17, 15) is 5.11 Å². The third-order valence-corrected chi connectivity index (χ3v) is 2.25.